The molecule has 0 aliphatic rings. The third kappa shape index (κ3) is 2.85. The molecule has 0 saturated carbocycles. The number of hydrogen-bond donors (Lipinski definition) is 1. The van der Waals surface area contributed by atoms with E-state index in [1.807, 2.05) is 17.4 Å². The van der Waals surface area contributed by atoms with Crippen LogP contribution in [0.4, 0.5) is 0 Å². The van der Waals surface area contributed by atoms with Crippen molar-refractivity contribution < 1.29 is 4.74 Å². The van der Waals surface area contributed by atoms with E-state index in [9.17, 15) is 0 Å². The summed E-state index contributed by atoms with van der Waals surface area (Å²) >= 11 is 1.85. The molecule has 1 aromatic heterocycles. The molecule has 1 aromatic carbocycles. The van der Waals surface area contributed by atoms with Gasteiger partial charge < -0.3 is 10.1 Å². The van der Waals surface area contributed by atoms with E-state index < -0.39 is 0 Å². The van der Waals surface area contributed by atoms with Crippen molar-refractivity contribution in [1.82, 2.24) is 5.32 Å². The summed E-state index contributed by atoms with van der Waals surface area (Å²) in [4.78, 5) is 1.41. The Balaban J connectivity index is 2.32. The molecule has 2 nitrogen and oxygen atoms in total. The Morgan fingerprint density at radius 1 is 1.28 bits per heavy atom. The molecule has 98 valence electrons. The van der Waals surface area contributed by atoms with Crippen molar-refractivity contribution in [3.63, 3.8) is 0 Å². The molecule has 0 spiro atoms. The van der Waals surface area contributed by atoms with Gasteiger partial charge in [-0.05, 0) is 56.8 Å². The summed E-state index contributed by atoms with van der Waals surface area (Å²) < 4.78 is 6.58. The first-order valence-corrected chi connectivity index (χ1v) is 7.03. The Kier molecular flexibility index (Phi) is 3.64. The van der Waals surface area contributed by atoms with Crippen molar-refractivity contribution >= 4 is 21.4 Å². The molecular formula is C15H21NOS. The largest absolute Gasteiger partial charge is 0.497 e. The lowest BCUT2D eigenvalue weighted by Gasteiger charge is -2.20. The number of hydrogen-bond acceptors (Lipinski definition) is 3. The van der Waals surface area contributed by atoms with Crippen molar-refractivity contribution in [1.29, 1.82) is 0 Å². The maximum Gasteiger partial charge on any atom is 0.120 e. The highest BCUT2D eigenvalue weighted by atomic mass is 32.1. The fraction of sp³-hybridized carbons (Fsp3) is 0.467. The maximum absolute atomic E-state index is 5.28. The summed E-state index contributed by atoms with van der Waals surface area (Å²) in [6.45, 7) is 9.71. The Labute approximate surface area is 113 Å². The number of thiophene rings is 1. The number of benzene rings is 1. The quantitative estimate of drug-likeness (QED) is 0.900. The van der Waals surface area contributed by atoms with Gasteiger partial charge in [0, 0.05) is 21.7 Å². The van der Waals surface area contributed by atoms with Crippen LogP contribution < -0.4 is 10.1 Å². The third-order valence-electron chi connectivity index (χ3n) is 3.02. The monoisotopic (exact) mass is 263 g/mol. The predicted molar refractivity (Wildman–Crippen MR) is 79.7 cm³/mol. The molecule has 0 unspecified atom stereocenters. The number of ether oxygens (including phenoxy) is 1. The molecule has 0 saturated heterocycles. The Bertz CT molecular complexity index is 551. The molecule has 3 heteroatoms. The molecule has 0 radical (unpaired) electrons. The van der Waals surface area contributed by atoms with Crippen LogP contribution in [0.1, 0.15) is 31.2 Å². The van der Waals surface area contributed by atoms with Gasteiger partial charge in [0.2, 0.25) is 0 Å². The Morgan fingerprint density at radius 2 is 2.00 bits per heavy atom. The standard InChI is InChI=1S/C15H21NOS/c1-10-12-7-6-11(17-5)8-13(12)18-14(10)9-16-15(2,3)4/h6-8,16H,9H2,1-5H3. The van der Waals surface area contributed by atoms with Gasteiger partial charge >= 0.3 is 0 Å². The smallest absolute Gasteiger partial charge is 0.120 e. The van der Waals surface area contributed by atoms with E-state index in [2.05, 4.69) is 45.1 Å². The van der Waals surface area contributed by atoms with E-state index in [0.717, 1.165) is 12.3 Å². The summed E-state index contributed by atoms with van der Waals surface area (Å²) in [7, 11) is 1.71. The molecule has 0 aliphatic heterocycles. The Hall–Kier alpha value is -1.06. The van der Waals surface area contributed by atoms with E-state index in [4.69, 9.17) is 4.74 Å². The molecule has 2 rings (SSSR count). The Morgan fingerprint density at radius 3 is 2.61 bits per heavy atom. The van der Waals surface area contributed by atoms with Gasteiger partial charge in [0.25, 0.3) is 0 Å². The van der Waals surface area contributed by atoms with Crippen molar-refractivity contribution in [2.24, 2.45) is 0 Å². The second kappa shape index (κ2) is 4.90. The molecule has 0 amide bonds. The minimum absolute atomic E-state index is 0.153. The summed E-state index contributed by atoms with van der Waals surface area (Å²) in [5.41, 5.74) is 1.54. The fourth-order valence-corrected chi connectivity index (χ4v) is 3.08. The lowest BCUT2D eigenvalue weighted by atomic mass is 10.1. The van der Waals surface area contributed by atoms with Crippen LogP contribution in [0.15, 0.2) is 18.2 Å². The van der Waals surface area contributed by atoms with Gasteiger partial charge in [-0.2, -0.15) is 0 Å². The lowest BCUT2D eigenvalue weighted by molar-refractivity contribution is 0.415. The van der Waals surface area contributed by atoms with Gasteiger partial charge in [0.1, 0.15) is 5.75 Å². The SMILES string of the molecule is COc1ccc2c(C)c(CNC(C)(C)C)sc2c1. The van der Waals surface area contributed by atoms with Crippen LogP contribution in [0.5, 0.6) is 5.75 Å². The van der Waals surface area contributed by atoms with E-state index in [1.165, 1.54) is 20.5 Å². The number of rotatable bonds is 3. The van der Waals surface area contributed by atoms with E-state index >= 15 is 0 Å². The minimum Gasteiger partial charge on any atom is -0.497 e. The summed E-state index contributed by atoms with van der Waals surface area (Å²) in [6, 6.07) is 6.30. The molecule has 1 heterocycles. The minimum atomic E-state index is 0.153. The average Bonchev–Trinajstić information content (AvgIpc) is 2.62. The molecule has 18 heavy (non-hydrogen) atoms. The van der Waals surface area contributed by atoms with Crippen molar-refractivity contribution in [2.45, 2.75) is 39.8 Å². The van der Waals surface area contributed by atoms with Crippen molar-refractivity contribution in [2.75, 3.05) is 7.11 Å². The number of methoxy groups -OCH3 is 1. The van der Waals surface area contributed by atoms with E-state index in [1.54, 1.807) is 7.11 Å². The van der Waals surface area contributed by atoms with Gasteiger partial charge in [-0.25, -0.2) is 0 Å². The lowest BCUT2D eigenvalue weighted by Crippen LogP contribution is -2.34. The summed E-state index contributed by atoms with van der Waals surface area (Å²) in [5.74, 6) is 0.930. The van der Waals surface area contributed by atoms with Crippen LogP contribution >= 0.6 is 11.3 Å². The first kappa shape index (κ1) is 13.4. The normalized spacial score (nSPS) is 12.1. The first-order valence-electron chi connectivity index (χ1n) is 6.22. The van der Waals surface area contributed by atoms with Crippen LogP contribution in [0, 0.1) is 6.92 Å². The average molecular weight is 263 g/mol. The third-order valence-corrected chi connectivity index (χ3v) is 4.28. The topological polar surface area (TPSA) is 21.3 Å². The second-order valence-electron chi connectivity index (χ2n) is 5.62. The molecule has 0 atom stereocenters. The van der Waals surface area contributed by atoms with Crippen molar-refractivity contribution in [3.05, 3.63) is 28.6 Å². The highest BCUT2D eigenvalue weighted by molar-refractivity contribution is 7.19. The van der Waals surface area contributed by atoms with Crippen molar-refractivity contribution in [3.8, 4) is 5.75 Å². The zero-order valence-electron chi connectivity index (χ0n) is 11.8. The number of fused-ring (bicyclic) bond motifs is 1. The highest BCUT2D eigenvalue weighted by Crippen LogP contribution is 2.33. The molecule has 2 aromatic rings. The number of aryl methyl sites for hydroxylation is 1. The molecule has 0 bridgehead atoms. The molecule has 1 N–H and O–H groups in total. The van der Waals surface area contributed by atoms with Crippen LogP contribution in [0.25, 0.3) is 10.1 Å². The zero-order valence-corrected chi connectivity index (χ0v) is 12.6. The van der Waals surface area contributed by atoms with E-state index in [0.29, 0.717) is 0 Å². The first-order chi connectivity index (χ1) is 8.40. The van der Waals surface area contributed by atoms with Gasteiger partial charge in [-0.1, -0.05) is 0 Å². The maximum atomic E-state index is 5.28. The summed E-state index contributed by atoms with van der Waals surface area (Å²) in [6.07, 6.45) is 0. The van der Waals surface area contributed by atoms with Gasteiger partial charge in [-0.3, -0.25) is 0 Å². The molecule has 0 fully saturated rings. The number of nitrogens with one attached hydrogen (secondary N) is 1. The predicted octanol–water partition coefficient (Wildman–Crippen LogP) is 4.11. The van der Waals surface area contributed by atoms with Crippen LogP contribution in [0.3, 0.4) is 0 Å². The second-order valence-corrected chi connectivity index (χ2v) is 6.75. The zero-order chi connectivity index (χ0) is 13.3. The van der Waals surface area contributed by atoms with Crippen LogP contribution in [-0.2, 0) is 6.54 Å². The van der Waals surface area contributed by atoms with Gasteiger partial charge in [0.05, 0.1) is 7.11 Å². The van der Waals surface area contributed by atoms with Crippen LogP contribution in [0.2, 0.25) is 0 Å². The van der Waals surface area contributed by atoms with Gasteiger partial charge in [-0.15, -0.1) is 11.3 Å². The van der Waals surface area contributed by atoms with E-state index in [-0.39, 0.29) is 5.54 Å². The summed E-state index contributed by atoms with van der Waals surface area (Å²) in [5, 5.41) is 4.89. The van der Waals surface area contributed by atoms with Gasteiger partial charge in [0.15, 0.2) is 0 Å². The molecular weight excluding hydrogens is 242 g/mol. The molecule has 0 aliphatic carbocycles. The fourth-order valence-electron chi connectivity index (χ4n) is 1.90. The van der Waals surface area contributed by atoms with Crippen LogP contribution in [-0.4, -0.2) is 12.6 Å². The highest BCUT2D eigenvalue weighted by Gasteiger charge is 2.13.